The first-order valence-corrected chi connectivity index (χ1v) is 8.55. The molecule has 0 aliphatic rings. The van der Waals surface area contributed by atoms with Gasteiger partial charge in [-0.15, -0.1) is 0 Å². The molecule has 5 heteroatoms. The van der Waals surface area contributed by atoms with Gasteiger partial charge in [0.15, 0.2) is 0 Å². The van der Waals surface area contributed by atoms with Crippen LogP contribution in [-0.4, -0.2) is 14.0 Å². The molecule has 0 aliphatic carbocycles. The average molecular weight is 348 g/mol. The van der Waals surface area contributed by atoms with Crippen LogP contribution in [0, 0.1) is 6.92 Å². The topological polar surface area (TPSA) is 46.2 Å². The second-order valence-corrected chi connectivity index (χ2v) is 8.65. The summed E-state index contributed by atoms with van der Waals surface area (Å²) in [5.41, 5.74) is 1.25. The SMILES string of the molecule is Cc1cc(S(=O)(=O)NC(C)(C)C)c(C(C)C)cc1Br. The van der Waals surface area contributed by atoms with Crippen molar-refractivity contribution in [2.45, 2.75) is 57.9 Å². The molecule has 108 valence electrons. The molecule has 1 aromatic rings. The van der Waals surface area contributed by atoms with E-state index in [1.165, 1.54) is 0 Å². The smallest absolute Gasteiger partial charge is 0.207 e. The Bertz CT molecular complexity index is 572. The van der Waals surface area contributed by atoms with Gasteiger partial charge in [-0.3, -0.25) is 0 Å². The lowest BCUT2D eigenvalue weighted by atomic mass is 10.0. The molecule has 1 aromatic carbocycles. The Morgan fingerprint density at radius 2 is 1.74 bits per heavy atom. The summed E-state index contributed by atoms with van der Waals surface area (Å²) in [4.78, 5) is 0.373. The van der Waals surface area contributed by atoms with Crippen molar-refractivity contribution in [1.29, 1.82) is 0 Å². The quantitative estimate of drug-likeness (QED) is 0.899. The highest BCUT2D eigenvalue weighted by molar-refractivity contribution is 9.10. The predicted molar refractivity (Wildman–Crippen MR) is 83.0 cm³/mol. The molecular formula is C14H22BrNO2S. The number of aryl methyl sites for hydroxylation is 1. The minimum absolute atomic E-state index is 0.142. The summed E-state index contributed by atoms with van der Waals surface area (Å²) in [5.74, 6) is 0.142. The van der Waals surface area contributed by atoms with Crippen LogP contribution in [0.5, 0.6) is 0 Å². The van der Waals surface area contributed by atoms with Crippen molar-refractivity contribution in [3.8, 4) is 0 Å². The largest absolute Gasteiger partial charge is 0.241 e. The fraction of sp³-hybridized carbons (Fsp3) is 0.571. The molecule has 0 saturated carbocycles. The third kappa shape index (κ3) is 4.29. The van der Waals surface area contributed by atoms with Crippen molar-refractivity contribution >= 4 is 26.0 Å². The lowest BCUT2D eigenvalue weighted by Gasteiger charge is -2.23. The molecule has 0 amide bonds. The molecule has 1 rings (SSSR count). The summed E-state index contributed by atoms with van der Waals surface area (Å²) in [6.07, 6.45) is 0. The zero-order valence-electron chi connectivity index (χ0n) is 12.3. The van der Waals surface area contributed by atoms with Crippen molar-refractivity contribution in [3.63, 3.8) is 0 Å². The number of halogens is 1. The van der Waals surface area contributed by atoms with E-state index in [1.54, 1.807) is 6.07 Å². The van der Waals surface area contributed by atoms with Gasteiger partial charge in [-0.1, -0.05) is 29.8 Å². The zero-order valence-corrected chi connectivity index (χ0v) is 14.7. The van der Waals surface area contributed by atoms with Gasteiger partial charge in [0.25, 0.3) is 0 Å². The lowest BCUT2D eigenvalue weighted by molar-refractivity contribution is 0.490. The molecule has 0 aromatic heterocycles. The van der Waals surface area contributed by atoms with E-state index in [0.29, 0.717) is 4.90 Å². The van der Waals surface area contributed by atoms with Gasteiger partial charge in [0.1, 0.15) is 0 Å². The van der Waals surface area contributed by atoms with Gasteiger partial charge in [-0.2, -0.15) is 0 Å². The molecule has 19 heavy (non-hydrogen) atoms. The van der Waals surface area contributed by atoms with Crippen LogP contribution in [0.3, 0.4) is 0 Å². The number of sulfonamides is 1. The van der Waals surface area contributed by atoms with Crippen LogP contribution in [0.1, 0.15) is 51.7 Å². The first kappa shape index (κ1) is 16.7. The number of nitrogens with one attached hydrogen (secondary N) is 1. The minimum Gasteiger partial charge on any atom is -0.207 e. The van der Waals surface area contributed by atoms with Crippen LogP contribution in [0.2, 0.25) is 0 Å². The second-order valence-electron chi connectivity index (χ2n) is 6.15. The van der Waals surface area contributed by atoms with Gasteiger partial charge in [-0.05, 0) is 56.9 Å². The fourth-order valence-electron chi connectivity index (χ4n) is 1.81. The number of rotatable bonds is 3. The van der Waals surface area contributed by atoms with Gasteiger partial charge in [0.05, 0.1) is 4.90 Å². The van der Waals surface area contributed by atoms with Gasteiger partial charge >= 0.3 is 0 Å². The second kappa shape index (κ2) is 5.54. The molecule has 0 fully saturated rings. The standard InChI is InChI=1S/C14H22BrNO2S/c1-9(2)11-8-12(15)10(3)7-13(11)19(17,18)16-14(4,5)6/h7-9,16H,1-6H3. The number of hydrogen-bond donors (Lipinski definition) is 1. The van der Waals surface area contributed by atoms with Crippen molar-refractivity contribution in [1.82, 2.24) is 4.72 Å². The maximum atomic E-state index is 12.5. The molecule has 0 aliphatic heterocycles. The van der Waals surface area contributed by atoms with Crippen molar-refractivity contribution in [2.75, 3.05) is 0 Å². The third-order valence-electron chi connectivity index (χ3n) is 2.64. The van der Waals surface area contributed by atoms with E-state index in [2.05, 4.69) is 20.7 Å². The summed E-state index contributed by atoms with van der Waals surface area (Å²) in [6.45, 7) is 11.4. The Labute approximate surface area is 125 Å². The van der Waals surface area contributed by atoms with Crippen molar-refractivity contribution in [2.24, 2.45) is 0 Å². The summed E-state index contributed by atoms with van der Waals surface area (Å²) in [7, 11) is -3.50. The zero-order chi connectivity index (χ0) is 15.0. The minimum atomic E-state index is -3.50. The molecule has 0 unspecified atom stereocenters. The summed E-state index contributed by atoms with van der Waals surface area (Å²) >= 11 is 3.46. The van der Waals surface area contributed by atoms with E-state index >= 15 is 0 Å². The predicted octanol–water partition coefficient (Wildman–Crippen LogP) is 3.96. The third-order valence-corrected chi connectivity index (χ3v) is 5.31. The first-order valence-electron chi connectivity index (χ1n) is 6.28. The molecule has 0 atom stereocenters. The maximum Gasteiger partial charge on any atom is 0.241 e. The van der Waals surface area contributed by atoms with Crippen LogP contribution < -0.4 is 4.72 Å². The first-order chi connectivity index (χ1) is 8.44. The molecular weight excluding hydrogens is 326 g/mol. The summed E-state index contributed by atoms with van der Waals surface area (Å²) in [6, 6.07) is 3.63. The van der Waals surface area contributed by atoms with E-state index in [0.717, 1.165) is 15.6 Å². The lowest BCUT2D eigenvalue weighted by Crippen LogP contribution is -2.40. The van der Waals surface area contributed by atoms with Gasteiger partial charge < -0.3 is 0 Å². The van der Waals surface area contributed by atoms with E-state index < -0.39 is 15.6 Å². The van der Waals surface area contributed by atoms with Crippen molar-refractivity contribution in [3.05, 3.63) is 27.7 Å². The number of benzene rings is 1. The molecule has 0 radical (unpaired) electrons. The Hall–Kier alpha value is -0.390. The number of hydrogen-bond acceptors (Lipinski definition) is 2. The highest BCUT2D eigenvalue weighted by Gasteiger charge is 2.26. The van der Waals surface area contributed by atoms with Gasteiger partial charge in [0, 0.05) is 10.0 Å². The molecule has 0 heterocycles. The Morgan fingerprint density at radius 1 is 1.21 bits per heavy atom. The highest BCUT2D eigenvalue weighted by atomic mass is 79.9. The van der Waals surface area contributed by atoms with Crippen molar-refractivity contribution < 1.29 is 8.42 Å². The average Bonchev–Trinajstić information content (AvgIpc) is 2.17. The maximum absolute atomic E-state index is 12.5. The Morgan fingerprint density at radius 3 is 2.16 bits per heavy atom. The van der Waals surface area contributed by atoms with Crippen LogP contribution in [-0.2, 0) is 10.0 Å². The van der Waals surface area contributed by atoms with Crippen LogP contribution in [0.4, 0.5) is 0 Å². The molecule has 0 spiro atoms. The van der Waals surface area contributed by atoms with E-state index in [9.17, 15) is 8.42 Å². The Balaban J connectivity index is 3.45. The fourth-order valence-corrected chi connectivity index (χ4v) is 4.03. The monoisotopic (exact) mass is 347 g/mol. The van der Waals surface area contributed by atoms with E-state index in [-0.39, 0.29) is 5.92 Å². The van der Waals surface area contributed by atoms with E-state index in [4.69, 9.17) is 0 Å². The van der Waals surface area contributed by atoms with Gasteiger partial charge in [-0.25, -0.2) is 13.1 Å². The van der Waals surface area contributed by atoms with Gasteiger partial charge in [0.2, 0.25) is 10.0 Å². The van der Waals surface area contributed by atoms with Crippen LogP contribution >= 0.6 is 15.9 Å². The van der Waals surface area contributed by atoms with E-state index in [1.807, 2.05) is 47.6 Å². The molecule has 0 bridgehead atoms. The van der Waals surface area contributed by atoms with Crippen LogP contribution in [0.25, 0.3) is 0 Å². The summed E-state index contributed by atoms with van der Waals surface area (Å²) in [5, 5.41) is 0. The highest BCUT2D eigenvalue weighted by Crippen LogP contribution is 2.30. The summed E-state index contributed by atoms with van der Waals surface area (Å²) < 4.78 is 28.7. The normalized spacial score (nSPS) is 13.1. The molecule has 0 saturated heterocycles. The van der Waals surface area contributed by atoms with Crippen LogP contribution in [0.15, 0.2) is 21.5 Å². The molecule has 3 nitrogen and oxygen atoms in total. The Kier molecular flexibility index (Phi) is 4.86. The molecule has 1 N–H and O–H groups in total.